The minimum atomic E-state index is -3.16. The minimum Gasteiger partial charge on any atom is -0.493 e. The third-order valence-corrected chi connectivity index (χ3v) is 5.22. The van der Waals surface area contributed by atoms with Crippen LogP contribution in [0, 0.1) is 0 Å². The van der Waals surface area contributed by atoms with Gasteiger partial charge in [0.15, 0.2) is 18.1 Å². The predicted octanol–water partition coefficient (Wildman–Crippen LogP) is 5.32. The molecule has 156 valence electrons. The average molecular weight is 403 g/mol. The van der Waals surface area contributed by atoms with Crippen molar-refractivity contribution >= 4 is 5.91 Å². The zero-order chi connectivity index (χ0) is 20.7. The molecule has 2 aromatic carbocycles. The van der Waals surface area contributed by atoms with Crippen LogP contribution in [-0.2, 0) is 5.92 Å². The van der Waals surface area contributed by atoms with Gasteiger partial charge in [0, 0.05) is 17.2 Å². The summed E-state index contributed by atoms with van der Waals surface area (Å²) < 4.78 is 39.5. The maximum Gasteiger partial charge on any atom is 0.306 e. The Labute approximate surface area is 170 Å². The highest BCUT2D eigenvalue weighted by atomic mass is 19.3. The molecule has 0 spiro atoms. The Morgan fingerprint density at radius 3 is 2.38 bits per heavy atom. The van der Waals surface area contributed by atoms with E-state index in [-0.39, 0.29) is 23.3 Å². The van der Waals surface area contributed by atoms with Gasteiger partial charge in [-0.3, -0.25) is 4.79 Å². The van der Waals surface area contributed by atoms with Crippen molar-refractivity contribution in [2.45, 2.75) is 50.5 Å². The molecule has 1 saturated carbocycles. The van der Waals surface area contributed by atoms with Crippen molar-refractivity contribution in [2.75, 3.05) is 13.7 Å². The van der Waals surface area contributed by atoms with E-state index in [1.165, 1.54) is 38.2 Å². The molecule has 0 saturated heterocycles. The third kappa shape index (κ3) is 5.68. The number of hydrogen-bond donors (Lipinski definition) is 1. The molecule has 0 radical (unpaired) electrons. The highest BCUT2D eigenvalue weighted by Crippen LogP contribution is 2.33. The normalized spacial score (nSPS) is 15.4. The first kappa shape index (κ1) is 21.1. The van der Waals surface area contributed by atoms with Crippen molar-refractivity contribution < 1.29 is 23.0 Å². The third-order valence-electron chi connectivity index (χ3n) is 5.22. The van der Waals surface area contributed by atoms with Gasteiger partial charge in [-0.25, -0.2) is 0 Å². The van der Waals surface area contributed by atoms with Crippen molar-refractivity contribution in [3.8, 4) is 11.5 Å². The number of alkyl halides is 2. The fourth-order valence-corrected chi connectivity index (χ4v) is 3.56. The van der Waals surface area contributed by atoms with Crippen molar-refractivity contribution in [2.24, 2.45) is 0 Å². The summed E-state index contributed by atoms with van der Waals surface area (Å²) in [4.78, 5) is 12.6. The number of carbonyl (C=O) groups is 1. The van der Waals surface area contributed by atoms with Crippen LogP contribution in [0.1, 0.15) is 54.4 Å². The van der Waals surface area contributed by atoms with Gasteiger partial charge in [-0.1, -0.05) is 56.0 Å². The molecular formula is C23H27F2NO3. The van der Waals surface area contributed by atoms with Crippen molar-refractivity contribution in [3.05, 3.63) is 59.7 Å². The summed E-state index contributed by atoms with van der Waals surface area (Å²) >= 11 is 0. The second-order valence-electron chi connectivity index (χ2n) is 7.39. The standard InChI is InChI=1S/C23H27F2NO3/c1-28-20-14-13-17(22(27)26-19-11-7-2-3-8-12-19)15-21(20)29-16-23(24,25)18-9-5-4-6-10-18/h4-6,9-10,13-15,19H,2-3,7-8,11-12,16H2,1H3,(H,26,27). The van der Waals surface area contributed by atoms with Crippen LogP contribution in [0.5, 0.6) is 11.5 Å². The molecule has 0 unspecified atom stereocenters. The molecule has 1 N–H and O–H groups in total. The number of ether oxygens (including phenoxy) is 2. The van der Waals surface area contributed by atoms with E-state index in [4.69, 9.17) is 9.47 Å². The Hall–Kier alpha value is -2.63. The topological polar surface area (TPSA) is 47.6 Å². The van der Waals surface area contributed by atoms with Gasteiger partial charge in [-0.2, -0.15) is 8.78 Å². The Morgan fingerprint density at radius 1 is 1.03 bits per heavy atom. The molecule has 1 aliphatic rings. The lowest BCUT2D eigenvalue weighted by atomic mass is 10.1. The van der Waals surface area contributed by atoms with Crippen LogP contribution in [0.4, 0.5) is 8.78 Å². The van der Waals surface area contributed by atoms with Gasteiger partial charge in [-0.15, -0.1) is 0 Å². The summed E-state index contributed by atoms with van der Waals surface area (Å²) in [5.74, 6) is -2.96. The number of methoxy groups -OCH3 is 1. The number of benzene rings is 2. The second kappa shape index (κ2) is 9.72. The van der Waals surface area contributed by atoms with Crippen molar-refractivity contribution in [1.29, 1.82) is 0 Å². The van der Waals surface area contributed by atoms with Crippen LogP contribution in [0.2, 0.25) is 0 Å². The lowest BCUT2D eigenvalue weighted by Crippen LogP contribution is -2.34. The van der Waals surface area contributed by atoms with Gasteiger partial charge < -0.3 is 14.8 Å². The molecule has 1 fully saturated rings. The Morgan fingerprint density at radius 2 is 1.72 bits per heavy atom. The average Bonchev–Trinajstić information content (AvgIpc) is 3.01. The Kier molecular flexibility index (Phi) is 7.07. The molecule has 3 rings (SSSR count). The van der Waals surface area contributed by atoms with Gasteiger partial charge in [0.2, 0.25) is 0 Å². The monoisotopic (exact) mass is 403 g/mol. The van der Waals surface area contributed by atoms with Gasteiger partial charge in [0.25, 0.3) is 5.91 Å². The molecule has 0 bridgehead atoms. The molecule has 0 heterocycles. The fraction of sp³-hybridized carbons (Fsp3) is 0.435. The quantitative estimate of drug-likeness (QED) is 0.637. The molecule has 1 aliphatic carbocycles. The summed E-state index contributed by atoms with van der Waals surface area (Å²) in [5, 5.41) is 3.05. The smallest absolute Gasteiger partial charge is 0.306 e. The minimum absolute atomic E-state index is 0.122. The van der Waals surface area contributed by atoms with Crippen LogP contribution in [0.15, 0.2) is 48.5 Å². The molecule has 2 aromatic rings. The first-order chi connectivity index (χ1) is 14.0. The highest BCUT2D eigenvalue weighted by Gasteiger charge is 2.33. The van der Waals surface area contributed by atoms with Crippen LogP contribution < -0.4 is 14.8 Å². The number of nitrogens with one attached hydrogen (secondary N) is 1. The summed E-state index contributed by atoms with van der Waals surface area (Å²) in [6.45, 7) is -0.846. The summed E-state index contributed by atoms with van der Waals surface area (Å²) in [7, 11) is 1.43. The van der Waals surface area contributed by atoms with Gasteiger partial charge in [0.05, 0.1) is 7.11 Å². The summed E-state index contributed by atoms with van der Waals surface area (Å²) in [6, 6.07) is 12.3. The first-order valence-corrected chi connectivity index (χ1v) is 10.0. The SMILES string of the molecule is COc1ccc(C(=O)NC2CCCCCC2)cc1OCC(F)(F)c1ccccc1. The van der Waals surface area contributed by atoms with Crippen LogP contribution in [0.3, 0.4) is 0 Å². The lowest BCUT2D eigenvalue weighted by Gasteiger charge is -2.20. The molecule has 0 atom stereocenters. The maximum atomic E-state index is 14.4. The predicted molar refractivity (Wildman–Crippen MR) is 108 cm³/mol. The van der Waals surface area contributed by atoms with E-state index in [2.05, 4.69) is 5.32 Å². The number of amides is 1. The molecular weight excluding hydrogens is 376 g/mol. The molecule has 6 heteroatoms. The highest BCUT2D eigenvalue weighted by molar-refractivity contribution is 5.95. The van der Waals surface area contributed by atoms with E-state index in [9.17, 15) is 13.6 Å². The van der Waals surface area contributed by atoms with Crippen molar-refractivity contribution in [3.63, 3.8) is 0 Å². The van der Waals surface area contributed by atoms with E-state index in [1.807, 2.05) is 0 Å². The number of halogens is 2. The van der Waals surface area contributed by atoms with Gasteiger partial charge >= 0.3 is 5.92 Å². The molecule has 0 aromatic heterocycles. The zero-order valence-electron chi connectivity index (χ0n) is 16.6. The first-order valence-electron chi connectivity index (χ1n) is 10.0. The Bertz CT molecular complexity index is 803. The van der Waals surface area contributed by atoms with Crippen LogP contribution in [0.25, 0.3) is 0 Å². The number of carbonyl (C=O) groups excluding carboxylic acids is 1. The van der Waals surface area contributed by atoms with Crippen molar-refractivity contribution in [1.82, 2.24) is 5.32 Å². The number of rotatable bonds is 7. The molecule has 29 heavy (non-hydrogen) atoms. The van der Waals surface area contributed by atoms with Gasteiger partial charge in [-0.05, 0) is 31.0 Å². The second-order valence-corrected chi connectivity index (χ2v) is 7.39. The van der Waals surface area contributed by atoms with E-state index in [0.29, 0.717) is 11.3 Å². The zero-order valence-corrected chi connectivity index (χ0v) is 16.6. The van der Waals surface area contributed by atoms with Gasteiger partial charge in [0.1, 0.15) is 0 Å². The van der Waals surface area contributed by atoms with Crippen LogP contribution >= 0.6 is 0 Å². The van der Waals surface area contributed by atoms with E-state index >= 15 is 0 Å². The molecule has 1 amide bonds. The maximum absolute atomic E-state index is 14.4. The Balaban J connectivity index is 1.70. The van der Waals surface area contributed by atoms with E-state index in [1.54, 1.807) is 30.3 Å². The fourth-order valence-electron chi connectivity index (χ4n) is 3.56. The largest absolute Gasteiger partial charge is 0.493 e. The molecule has 0 aliphatic heterocycles. The molecule has 4 nitrogen and oxygen atoms in total. The lowest BCUT2D eigenvalue weighted by molar-refractivity contribution is -0.0472. The number of hydrogen-bond acceptors (Lipinski definition) is 3. The van der Waals surface area contributed by atoms with E-state index < -0.39 is 12.5 Å². The van der Waals surface area contributed by atoms with E-state index in [0.717, 1.165) is 25.7 Å². The summed E-state index contributed by atoms with van der Waals surface area (Å²) in [6.07, 6.45) is 6.54. The summed E-state index contributed by atoms with van der Waals surface area (Å²) in [5.41, 5.74) is 0.245. The van der Waals surface area contributed by atoms with Crippen LogP contribution in [-0.4, -0.2) is 25.7 Å².